The SMILES string of the molecule is COc1cccc([C@@H]2C(C(=O)Nc3ccccc3)=C(C)N=c3s/c(=C\c4cc([N+](=O)[O-])ccc4O)c(=O)n32)c1. The van der Waals surface area contributed by atoms with Crippen molar-refractivity contribution >= 4 is 34.7 Å². The third-order valence-corrected chi connectivity index (χ3v) is 7.20. The van der Waals surface area contributed by atoms with Crippen molar-refractivity contribution in [2.24, 2.45) is 4.99 Å². The maximum Gasteiger partial charge on any atom is 0.271 e. The van der Waals surface area contributed by atoms with Crippen LogP contribution in [0.15, 0.2) is 93.9 Å². The first-order valence-electron chi connectivity index (χ1n) is 11.8. The molecule has 1 aliphatic heterocycles. The Kier molecular flexibility index (Phi) is 6.82. The van der Waals surface area contributed by atoms with Gasteiger partial charge >= 0.3 is 0 Å². The summed E-state index contributed by atoms with van der Waals surface area (Å²) in [5, 5.41) is 24.4. The number of rotatable bonds is 6. The standard InChI is InChI=1S/C28H22N4O6S/c1-16-24(26(34)30-19-8-4-3-5-9-19)25(17-7-6-10-21(14-17)38-2)31-27(35)23(39-28(31)29-16)15-18-13-20(32(36)37)11-12-22(18)33/h3-15,25,33H,1-2H3,(H,30,34)/b23-15-/t25-/m1/s1. The molecule has 0 unspecified atom stereocenters. The van der Waals surface area contributed by atoms with Gasteiger partial charge in [-0.3, -0.25) is 24.3 Å². The monoisotopic (exact) mass is 542 g/mol. The lowest BCUT2D eigenvalue weighted by Gasteiger charge is -2.25. The molecule has 0 spiro atoms. The summed E-state index contributed by atoms with van der Waals surface area (Å²) in [6, 6.07) is 18.8. The number of methoxy groups -OCH3 is 1. The van der Waals surface area contributed by atoms with Gasteiger partial charge in [-0.1, -0.05) is 41.7 Å². The van der Waals surface area contributed by atoms with Gasteiger partial charge in [-0.15, -0.1) is 0 Å². The van der Waals surface area contributed by atoms with E-state index in [1.807, 2.05) is 6.07 Å². The molecule has 1 atom stereocenters. The predicted octanol–water partition coefficient (Wildman–Crippen LogP) is 3.50. The number of ether oxygens (including phenoxy) is 1. The van der Waals surface area contributed by atoms with Crippen molar-refractivity contribution in [3.63, 3.8) is 0 Å². The van der Waals surface area contributed by atoms with E-state index in [2.05, 4.69) is 10.3 Å². The molecule has 0 fully saturated rings. The molecule has 1 aromatic heterocycles. The van der Waals surface area contributed by atoms with Gasteiger partial charge in [-0.2, -0.15) is 0 Å². The fraction of sp³-hybridized carbons (Fsp3) is 0.107. The highest BCUT2D eigenvalue weighted by atomic mass is 32.1. The van der Waals surface area contributed by atoms with E-state index < -0.39 is 22.4 Å². The van der Waals surface area contributed by atoms with Crippen LogP contribution in [0.4, 0.5) is 11.4 Å². The quantitative estimate of drug-likeness (QED) is 0.283. The number of nitro benzene ring substituents is 1. The summed E-state index contributed by atoms with van der Waals surface area (Å²) in [4.78, 5) is 43.0. The van der Waals surface area contributed by atoms with Gasteiger partial charge in [-0.05, 0) is 48.9 Å². The van der Waals surface area contributed by atoms with Gasteiger partial charge in [0.2, 0.25) is 0 Å². The molecule has 1 amide bonds. The number of nitrogens with one attached hydrogen (secondary N) is 1. The van der Waals surface area contributed by atoms with E-state index in [-0.39, 0.29) is 27.1 Å². The Morgan fingerprint density at radius 1 is 1.15 bits per heavy atom. The van der Waals surface area contributed by atoms with Crippen LogP contribution in [0.25, 0.3) is 6.08 Å². The Morgan fingerprint density at radius 3 is 2.64 bits per heavy atom. The Bertz CT molecular complexity index is 1820. The van der Waals surface area contributed by atoms with Gasteiger partial charge in [0.15, 0.2) is 4.80 Å². The first-order valence-corrected chi connectivity index (χ1v) is 12.6. The number of allylic oxidation sites excluding steroid dienone is 1. The van der Waals surface area contributed by atoms with Crippen molar-refractivity contribution in [3.05, 3.63) is 125 Å². The normalized spacial score (nSPS) is 14.9. The summed E-state index contributed by atoms with van der Waals surface area (Å²) in [5.41, 5.74) is 1.36. The van der Waals surface area contributed by atoms with Crippen LogP contribution in [0.1, 0.15) is 24.1 Å². The van der Waals surface area contributed by atoms with Crippen LogP contribution in [-0.4, -0.2) is 27.6 Å². The third kappa shape index (κ3) is 4.94. The van der Waals surface area contributed by atoms with E-state index in [4.69, 9.17) is 4.74 Å². The molecular weight excluding hydrogens is 520 g/mol. The molecule has 2 N–H and O–H groups in total. The van der Waals surface area contributed by atoms with Crippen LogP contribution < -0.4 is 24.9 Å². The minimum atomic E-state index is -0.832. The second kappa shape index (κ2) is 10.4. The number of aromatic hydroxyl groups is 1. The van der Waals surface area contributed by atoms with Crippen LogP contribution in [0.3, 0.4) is 0 Å². The Labute approximate surface area is 225 Å². The number of hydrogen-bond acceptors (Lipinski definition) is 8. The number of aromatic nitrogens is 1. The van der Waals surface area contributed by atoms with E-state index in [0.717, 1.165) is 11.3 Å². The second-order valence-electron chi connectivity index (χ2n) is 8.68. The van der Waals surface area contributed by atoms with E-state index in [0.29, 0.717) is 27.5 Å². The van der Waals surface area contributed by atoms with Crippen LogP contribution >= 0.6 is 11.3 Å². The number of thiazole rings is 1. The maximum absolute atomic E-state index is 13.8. The lowest BCUT2D eigenvalue weighted by Crippen LogP contribution is -2.40. The molecule has 0 radical (unpaired) electrons. The molecule has 39 heavy (non-hydrogen) atoms. The van der Waals surface area contributed by atoms with E-state index in [1.165, 1.54) is 36.0 Å². The number of hydrogen-bond donors (Lipinski definition) is 2. The van der Waals surface area contributed by atoms with Crippen molar-refractivity contribution in [2.75, 3.05) is 12.4 Å². The molecule has 0 aliphatic carbocycles. The topological polar surface area (TPSA) is 136 Å². The predicted molar refractivity (Wildman–Crippen MR) is 147 cm³/mol. The summed E-state index contributed by atoms with van der Waals surface area (Å²) < 4.78 is 7.01. The van der Waals surface area contributed by atoms with Crippen LogP contribution in [-0.2, 0) is 4.79 Å². The summed E-state index contributed by atoms with van der Waals surface area (Å²) >= 11 is 1.06. The average molecular weight is 543 g/mol. The van der Waals surface area contributed by atoms with Crippen molar-refractivity contribution in [1.29, 1.82) is 0 Å². The average Bonchev–Trinajstić information content (AvgIpc) is 3.23. The van der Waals surface area contributed by atoms with Gasteiger partial charge in [0.25, 0.3) is 17.2 Å². The number of para-hydroxylation sites is 1. The molecule has 3 aromatic carbocycles. The zero-order valence-corrected chi connectivity index (χ0v) is 21.6. The summed E-state index contributed by atoms with van der Waals surface area (Å²) in [7, 11) is 1.53. The lowest BCUT2D eigenvalue weighted by molar-refractivity contribution is -0.384. The molecule has 0 saturated carbocycles. The largest absolute Gasteiger partial charge is 0.507 e. The number of carbonyl (C=O) groups excluding carboxylic acids is 1. The number of amides is 1. The fourth-order valence-corrected chi connectivity index (χ4v) is 5.41. The molecule has 5 rings (SSSR count). The molecule has 11 heteroatoms. The van der Waals surface area contributed by atoms with E-state index in [9.17, 15) is 24.8 Å². The third-order valence-electron chi connectivity index (χ3n) is 6.22. The van der Waals surface area contributed by atoms with Crippen LogP contribution in [0.5, 0.6) is 11.5 Å². The van der Waals surface area contributed by atoms with Crippen molar-refractivity contribution in [3.8, 4) is 11.5 Å². The molecular formula is C28H22N4O6S. The molecule has 0 bridgehead atoms. The van der Waals surface area contributed by atoms with Gasteiger partial charge in [-0.25, -0.2) is 4.99 Å². The van der Waals surface area contributed by atoms with Gasteiger partial charge in [0.05, 0.1) is 33.9 Å². The summed E-state index contributed by atoms with van der Waals surface area (Å²) in [5.74, 6) is -0.0793. The van der Waals surface area contributed by atoms with Gasteiger partial charge < -0.3 is 15.2 Å². The number of non-ortho nitro benzene ring substituents is 1. The Morgan fingerprint density at radius 2 is 1.92 bits per heavy atom. The first kappa shape index (κ1) is 25.6. The number of anilines is 1. The van der Waals surface area contributed by atoms with Crippen LogP contribution in [0.2, 0.25) is 0 Å². The second-order valence-corrected chi connectivity index (χ2v) is 9.69. The molecule has 2 heterocycles. The maximum atomic E-state index is 13.8. The zero-order chi connectivity index (χ0) is 27.7. The number of nitrogens with zero attached hydrogens (tertiary/aromatic N) is 3. The minimum absolute atomic E-state index is 0.116. The highest BCUT2D eigenvalue weighted by Crippen LogP contribution is 2.32. The smallest absolute Gasteiger partial charge is 0.271 e. The number of carbonyl (C=O) groups is 1. The zero-order valence-electron chi connectivity index (χ0n) is 20.8. The Hall–Kier alpha value is -5.03. The van der Waals surface area contributed by atoms with Gasteiger partial charge in [0.1, 0.15) is 11.5 Å². The van der Waals surface area contributed by atoms with E-state index in [1.54, 1.807) is 55.5 Å². The minimum Gasteiger partial charge on any atom is -0.507 e. The number of fused-ring (bicyclic) bond motifs is 1. The fourth-order valence-electron chi connectivity index (χ4n) is 4.37. The van der Waals surface area contributed by atoms with E-state index >= 15 is 0 Å². The lowest BCUT2D eigenvalue weighted by atomic mass is 9.95. The molecule has 4 aromatic rings. The molecule has 1 aliphatic rings. The first-order chi connectivity index (χ1) is 18.8. The number of benzene rings is 3. The van der Waals surface area contributed by atoms with Crippen LogP contribution in [0, 0.1) is 10.1 Å². The highest BCUT2D eigenvalue weighted by Gasteiger charge is 2.32. The molecule has 10 nitrogen and oxygen atoms in total. The van der Waals surface area contributed by atoms with Gasteiger partial charge in [0, 0.05) is 23.4 Å². The van der Waals surface area contributed by atoms with Crippen molar-refractivity contribution in [2.45, 2.75) is 13.0 Å². The van der Waals surface area contributed by atoms with Crippen molar-refractivity contribution < 1.29 is 19.6 Å². The number of nitro groups is 1. The summed E-state index contributed by atoms with van der Waals surface area (Å²) in [6.07, 6.45) is 1.39. The Balaban J connectivity index is 1.70. The van der Waals surface area contributed by atoms with Crippen molar-refractivity contribution in [1.82, 2.24) is 4.57 Å². The molecule has 0 saturated heterocycles. The number of phenols is 1. The molecule has 196 valence electrons. The summed E-state index contributed by atoms with van der Waals surface area (Å²) in [6.45, 7) is 1.70. The highest BCUT2D eigenvalue weighted by molar-refractivity contribution is 7.07. The number of phenolic OH excluding ortho intramolecular Hbond substituents is 1.